The first-order valence-corrected chi connectivity index (χ1v) is 16.5. The molecule has 0 radical (unpaired) electrons. The number of benzene rings is 3. The van der Waals surface area contributed by atoms with E-state index >= 15 is 0 Å². The van der Waals surface area contributed by atoms with Crippen LogP contribution in [0, 0.1) is 0 Å². The van der Waals surface area contributed by atoms with Crippen LogP contribution < -0.4 is 24.8 Å². The molecule has 3 heterocycles. The summed E-state index contributed by atoms with van der Waals surface area (Å²) in [4.78, 5) is 33.0. The first-order chi connectivity index (χ1) is 22.6. The van der Waals surface area contributed by atoms with E-state index in [0.29, 0.717) is 35.9 Å². The van der Waals surface area contributed by atoms with Crippen molar-refractivity contribution >= 4 is 44.2 Å². The zero-order chi connectivity index (χ0) is 33.3. The van der Waals surface area contributed by atoms with Gasteiger partial charge < -0.3 is 34.9 Å². The molecule has 4 aromatic rings. The van der Waals surface area contributed by atoms with E-state index in [4.69, 9.17) is 14.2 Å². The van der Waals surface area contributed by atoms with E-state index in [2.05, 4.69) is 15.6 Å². The number of para-hydroxylation sites is 1. The Morgan fingerprint density at radius 2 is 1.77 bits per heavy atom. The van der Waals surface area contributed by atoms with Crippen molar-refractivity contribution in [2.75, 3.05) is 44.0 Å². The van der Waals surface area contributed by atoms with Crippen LogP contribution in [-0.4, -0.2) is 91.3 Å². The summed E-state index contributed by atoms with van der Waals surface area (Å²) in [7, 11) is -2.62. The minimum absolute atomic E-state index is 0.00486. The zero-order valence-electron chi connectivity index (χ0n) is 26.0. The summed E-state index contributed by atoms with van der Waals surface area (Å²) in [5.74, 6) is 0.449. The van der Waals surface area contributed by atoms with Crippen molar-refractivity contribution in [3.05, 3.63) is 78.5 Å². The van der Waals surface area contributed by atoms with E-state index in [9.17, 15) is 23.1 Å². The number of rotatable bonds is 8. The highest BCUT2D eigenvalue weighted by Crippen LogP contribution is 2.37. The number of anilines is 2. The molecule has 0 saturated carbocycles. The minimum Gasteiger partial charge on any atom is -0.486 e. The second-order valence-electron chi connectivity index (χ2n) is 11.4. The second kappa shape index (κ2) is 13.1. The molecule has 3 aromatic carbocycles. The Balaban J connectivity index is 1.30. The van der Waals surface area contributed by atoms with Gasteiger partial charge in [0.1, 0.15) is 19.3 Å². The fourth-order valence-corrected chi connectivity index (χ4v) is 6.97. The number of aromatic nitrogens is 1. The number of nitrogens with zero attached hydrogens (tertiary/aromatic N) is 3. The van der Waals surface area contributed by atoms with Crippen molar-refractivity contribution in [2.24, 2.45) is 0 Å². The third-order valence-corrected chi connectivity index (χ3v) is 10.1. The quantitative estimate of drug-likeness (QED) is 0.254. The molecule has 13 nitrogen and oxygen atoms in total. The van der Waals surface area contributed by atoms with Gasteiger partial charge in [-0.15, -0.1) is 0 Å². The molecule has 0 saturated heterocycles. The lowest BCUT2D eigenvalue weighted by atomic mass is 10.1. The summed E-state index contributed by atoms with van der Waals surface area (Å²) >= 11 is 0. The number of sulfonamides is 1. The molecule has 3 amide bonds. The molecular weight excluding hydrogens is 626 g/mol. The number of nitrogens with one attached hydrogen (secondary N) is 2. The van der Waals surface area contributed by atoms with E-state index in [1.807, 2.05) is 12.1 Å². The molecule has 2 aliphatic heterocycles. The monoisotopic (exact) mass is 661 g/mol. The lowest BCUT2D eigenvalue weighted by Crippen LogP contribution is -2.54. The number of fused-ring (bicyclic) bond motifs is 3. The number of hydrogen-bond donors (Lipinski definition) is 3. The number of aliphatic hydroxyl groups excluding tert-OH is 1. The maximum absolute atomic E-state index is 14.0. The molecule has 0 aliphatic carbocycles. The highest BCUT2D eigenvalue weighted by Gasteiger charge is 2.40. The number of ether oxygens (including phenoxy) is 3. The van der Waals surface area contributed by atoms with Gasteiger partial charge in [-0.2, -0.15) is 4.31 Å². The Labute approximate surface area is 272 Å². The van der Waals surface area contributed by atoms with Gasteiger partial charge in [0.2, 0.25) is 10.0 Å². The van der Waals surface area contributed by atoms with Gasteiger partial charge in [0, 0.05) is 24.7 Å². The summed E-state index contributed by atoms with van der Waals surface area (Å²) in [6, 6.07) is 16.3. The number of aliphatic hydroxyl groups is 1. The van der Waals surface area contributed by atoms with Gasteiger partial charge in [-0.05, 0) is 62.4 Å². The number of likely N-dealkylation sites (N-methyl/N-ethyl adjacent to an activating group) is 1. The van der Waals surface area contributed by atoms with Gasteiger partial charge in [0.05, 0.1) is 52.6 Å². The summed E-state index contributed by atoms with van der Waals surface area (Å²) in [5.41, 5.74) is 1.61. The fourth-order valence-electron chi connectivity index (χ4n) is 5.77. The zero-order valence-corrected chi connectivity index (χ0v) is 26.9. The van der Waals surface area contributed by atoms with Crippen molar-refractivity contribution in [3.8, 4) is 17.2 Å². The van der Waals surface area contributed by atoms with Crippen LogP contribution in [0.2, 0.25) is 0 Å². The number of carbonyl (C=O) groups is 2. The Morgan fingerprint density at radius 1 is 1.04 bits per heavy atom. The normalized spacial score (nSPS) is 18.2. The molecule has 14 heteroatoms. The van der Waals surface area contributed by atoms with Crippen molar-refractivity contribution in [1.29, 1.82) is 0 Å². The van der Waals surface area contributed by atoms with Crippen LogP contribution in [0.1, 0.15) is 24.2 Å². The Morgan fingerprint density at radius 3 is 2.55 bits per heavy atom. The van der Waals surface area contributed by atoms with Gasteiger partial charge in [-0.3, -0.25) is 9.78 Å². The molecule has 6 rings (SSSR count). The van der Waals surface area contributed by atoms with E-state index in [0.717, 1.165) is 9.69 Å². The molecule has 3 N–H and O–H groups in total. The molecule has 0 fully saturated rings. The summed E-state index contributed by atoms with van der Waals surface area (Å²) in [5, 5.41) is 16.4. The average Bonchev–Trinajstić information content (AvgIpc) is 3.18. The van der Waals surface area contributed by atoms with Crippen molar-refractivity contribution < 1.29 is 37.3 Å². The molecule has 2 aliphatic rings. The molecule has 246 valence electrons. The van der Waals surface area contributed by atoms with E-state index < -0.39 is 40.1 Å². The number of amides is 3. The number of pyridine rings is 1. The van der Waals surface area contributed by atoms with Gasteiger partial charge >= 0.3 is 6.03 Å². The van der Waals surface area contributed by atoms with Crippen LogP contribution in [0.5, 0.6) is 17.2 Å². The van der Waals surface area contributed by atoms with Crippen molar-refractivity contribution in [1.82, 2.24) is 14.2 Å². The summed E-state index contributed by atoms with van der Waals surface area (Å²) < 4.78 is 46.2. The second-order valence-corrected chi connectivity index (χ2v) is 13.4. The lowest BCUT2D eigenvalue weighted by Gasteiger charge is -2.36. The van der Waals surface area contributed by atoms with Gasteiger partial charge in [0.25, 0.3) is 5.91 Å². The highest BCUT2D eigenvalue weighted by atomic mass is 32.2. The molecule has 0 spiro atoms. The molecule has 47 heavy (non-hydrogen) atoms. The molecular formula is C33H35N5O8S. The number of carbonyl (C=O) groups excluding carboxylic acids is 2. The molecule has 1 aromatic heterocycles. The lowest BCUT2D eigenvalue weighted by molar-refractivity contribution is 0.0301. The third kappa shape index (κ3) is 6.26. The Hall–Kier alpha value is -4.92. The number of urea groups is 1. The van der Waals surface area contributed by atoms with Crippen molar-refractivity contribution in [3.63, 3.8) is 0 Å². The Bertz CT molecular complexity index is 1930. The maximum Gasteiger partial charge on any atom is 0.323 e. The molecule has 0 bridgehead atoms. The first-order valence-electron chi connectivity index (χ1n) is 15.1. The highest BCUT2D eigenvalue weighted by molar-refractivity contribution is 7.89. The van der Waals surface area contributed by atoms with Gasteiger partial charge in [-0.1, -0.05) is 12.1 Å². The van der Waals surface area contributed by atoms with Crippen LogP contribution in [-0.2, 0) is 10.0 Å². The van der Waals surface area contributed by atoms with Crippen LogP contribution in [0.3, 0.4) is 0 Å². The van der Waals surface area contributed by atoms with Crippen LogP contribution in [0.25, 0.3) is 10.9 Å². The van der Waals surface area contributed by atoms with E-state index in [1.165, 1.54) is 24.1 Å². The van der Waals surface area contributed by atoms with Crippen LogP contribution in [0.4, 0.5) is 16.2 Å². The fraction of sp³-hybridized carbons (Fsp3) is 0.303. The van der Waals surface area contributed by atoms with Crippen LogP contribution >= 0.6 is 0 Å². The Kier molecular flexibility index (Phi) is 8.90. The topological polar surface area (TPSA) is 160 Å². The van der Waals surface area contributed by atoms with Gasteiger partial charge in [0.15, 0.2) is 17.2 Å². The van der Waals surface area contributed by atoms with E-state index in [1.54, 1.807) is 62.5 Å². The van der Waals surface area contributed by atoms with Crippen molar-refractivity contribution in [2.45, 2.75) is 36.9 Å². The molecule has 1 unspecified atom stereocenters. The predicted octanol–water partition coefficient (Wildman–Crippen LogP) is 3.94. The number of hydrogen-bond acceptors (Lipinski definition) is 9. The first kappa shape index (κ1) is 32.0. The SMILES string of the molecule is C[C@@H](CO)N1C(=O)c2cccc(NC(=O)Nc3cccc4ncccc34)c2OC(CN(C)S(=O)(=O)c2ccc3c(c2)OCCO3)[C@@H]1C. The predicted molar refractivity (Wildman–Crippen MR) is 175 cm³/mol. The standard InChI is InChI=1S/C33H35N5O8S/c1-20(19-39)38-21(2)30(18-37(3)47(42,43)22-12-13-28-29(17-22)45-16-15-44-28)46-31-24(32(38)40)7-4-11-27(31)36-33(41)35-26-10-5-9-25-23(26)8-6-14-34-25/h4-14,17,20-21,30,39H,15-16,18-19H2,1-3H3,(H2,35,36,41)/t20-,21-,30?/m0/s1. The minimum atomic E-state index is -4.04. The van der Waals surface area contributed by atoms with Crippen LogP contribution in [0.15, 0.2) is 77.8 Å². The third-order valence-electron chi connectivity index (χ3n) is 8.27. The molecule has 3 atom stereocenters. The smallest absolute Gasteiger partial charge is 0.323 e. The summed E-state index contributed by atoms with van der Waals surface area (Å²) in [6.45, 7) is 3.62. The van der Waals surface area contributed by atoms with E-state index in [-0.39, 0.29) is 35.0 Å². The van der Waals surface area contributed by atoms with Gasteiger partial charge in [-0.25, -0.2) is 13.2 Å². The summed E-state index contributed by atoms with van der Waals surface area (Å²) in [6.07, 6.45) is 0.762. The average molecular weight is 662 g/mol. The maximum atomic E-state index is 14.0. The largest absolute Gasteiger partial charge is 0.486 e.